The number of benzene rings is 1. The molecule has 0 aliphatic rings. The first-order valence-electron chi connectivity index (χ1n) is 7.52. The number of alkyl halides is 3. The number of hydrogen-bond acceptors (Lipinski definition) is 4. The molecule has 1 heterocycles. The van der Waals surface area contributed by atoms with Crippen molar-refractivity contribution in [3.63, 3.8) is 0 Å². The zero-order valence-corrected chi connectivity index (χ0v) is 13.4. The van der Waals surface area contributed by atoms with E-state index in [-0.39, 0.29) is 36.7 Å². The summed E-state index contributed by atoms with van der Waals surface area (Å²) in [7, 11) is 0. The van der Waals surface area contributed by atoms with Gasteiger partial charge in [0.2, 0.25) is 0 Å². The summed E-state index contributed by atoms with van der Waals surface area (Å²) in [5.74, 6) is -0.924. The summed E-state index contributed by atoms with van der Waals surface area (Å²) in [6.45, 7) is 2.00. The molecule has 0 saturated heterocycles. The third kappa shape index (κ3) is 5.10. The number of nitrogens with one attached hydrogen (secondary N) is 1. The Morgan fingerprint density at radius 2 is 1.96 bits per heavy atom. The molecule has 1 N–H and O–H groups in total. The minimum atomic E-state index is -4.46. The predicted octanol–water partition coefficient (Wildman–Crippen LogP) is 3.65. The Balaban J connectivity index is 2.02. The molecule has 0 fully saturated rings. The first-order chi connectivity index (χ1) is 11.8. The maximum atomic E-state index is 12.7. The average molecular weight is 355 g/mol. The van der Waals surface area contributed by atoms with Gasteiger partial charge in [0.05, 0.1) is 18.6 Å². The van der Waals surface area contributed by atoms with Crippen molar-refractivity contribution in [2.45, 2.75) is 19.5 Å². The highest BCUT2D eigenvalue weighted by Gasteiger charge is 2.30. The predicted molar refractivity (Wildman–Crippen MR) is 82.7 cm³/mol. The van der Waals surface area contributed by atoms with Crippen LogP contribution in [0.3, 0.4) is 0 Å². The number of carbonyl (C=O) groups is 2. The third-order valence-electron chi connectivity index (χ3n) is 3.22. The summed E-state index contributed by atoms with van der Waals surface area (Å²) in [5, 5.41) is 2.48. The highest BCUT2D eigenvalue weighted by atomic mass is 19.4. The Labute approximate surface area is 141 Å². The number of halogens is 3. The smallest absolute Gasteiger partial charge is 0.416 e. The molecule has 0 unspecified atom stereocenters. The maximum Gasteiger partial charge on any atom is 0.416 e. The fourth-order valence-corrected chi connectivity index (χ4v) is 2.06. The van der Waals surface area contributed by atoms with Crippen molar-refractivity contribution in [1.29, 1.82) is 0 Å². The van der Waals surface area contributed by atoms with Crippen LogP contribution in [0, 0.1) is 0 Å². The van der Waals surface area contributed by atoms with Gasteiger partial charge in [-0.2, -0.15) is 13.2 Å². The molecule has 0 aliphatic heterocycles. The monoisotopic (exact) mass is 355 g/mol. The molecule has 5 nitrogen and oxygen atoms in total. The molecule has 0 atom stereocenters. The van der Waals surface area contributed by atoms with E-state index < -0.39 is 23.6 Å². The first-order valence-corrected chi connectivity index (χ1v) is 7.52. The lowest BCUT2D eigenvalue weighted by atomic mass is 10.1. The summed E-state index contributed by atoms with van der Waals surface area (Å²) < 4.78 is 48.3. The Kier molecular flexibility index (Phi) is 5.84. The molecular weight excluding hydrogens is 339 g/mol. The molecule has 0 spiro atoms. The van der Waals surface area contributed by atoms with Crippen molar-refractivity contribution >= 4 is 11.9 Å². The lowest BCUT2D eigenvalue weighted by Gasteiger charge is -2.07. The summed E-state index contributed by atoms with van der Waals surface area (Å²) >= 11 is 0. The second-order valence-electron chi connectivity index (χ2n) is 5.05. The molecule has 1 amide bonds. The largest absolute Gasteiger partial charge is 0.466 e. The van der Waals surface area contributed by atoms with Gasteiger partial charge >= 0.3 is 12.1 Å². The summed E-state index contributed by atoms with van der Waals surface area (Å²) in [4.78, 5) is 23.1. The van der Waals surface area contributed by atoms with Crippen LogP contribution < -0.4 is 5.32 Å². The van der Waals surface area contributed by atoms with E-state index in [0.717, 1.165) is 12.1 Å². The van der Waals surface area contributed by atoms with Gasteiger partial charge in [0.25, 0.3) is 5.91 Å². The van der Waals surface area contributed by atoms with Crippen LogP contribution in [0.2, 0.25) is 0 Å². The summed E-state index contributed by atoms with van der Waals surface area (Å²) in [6.07, 6.45) is -4.45. The molecule has 134 valence electrons. The van der Waals surface area contributed by atoms with Crippen LogP contribution in [0.4, 0.5) is 13.2 Å². The lowest BCUT2D eigenvalue weighted by molar-refractivity contribution is -0.143. The van der Waals surface area contributed by atoms with E-state index in [2.05, 4.69) is 5.32 Å². The summed E-state index contributed by atoms with van der Waals surface area (Å²) in [5.41, 5.74) is -0.595. The van der Waals surface area contributed by atoms with Crippen molar-refractivity contribution in [2.24, 2.45) is 0 Å². The molecule has 2 rings (SSSR count). The normalized spacial score (nSPS) is 11.2. The van der Waals surface area contributed by atoms with E-state index in [0.29, 0.717) is 0 Å². The van der Waals surface area contributed by atoms with Gasteiger partial charge in [-0.25, -0.2) is 0 Å². The van der Waals surface area contributed by atoms with Crippen LogP contribution in [0.1, 0.15) is 29.5 Å². The van der Waals surface area contributed by atoms with Crippen molar-refractivity contribution in [1.82, 2.24) is 5.32 Å². The van der Waals surface area contributed by atoms with Crippen molar-refractivity contribution < 1.29 is 31.9 Å². The minimum Gasteiger partial charge on any atom is -0.466 e. The molecule has 25 heavy (non-hydrogen) atoms. The lowest BCUT2D eigenvalue weighted by Crippen LogP contribution is -2.26. The molecule has 0 radical (unpaired) electrons. The second kappa shape index (κ2) is 7.87. The zero-order valence-electron chi connectivity index (χ0n) is 13.4. The van der Waals surface area contributed by atoms with Gasteiger partial charge in [-0.3, -0.25) is 9.59 Å². The first kappa shape index (κ1) is 18.6. The quantitative estimate of drug-likeness (QED) is 0.803. The number of hydrogen-bond donors (Lipinski definition) is 1. The van der Waals surface area contributed by atoms with Crippen LogP contribution in [0.25, 0.3) is 11.3 Å². The van der Waals surface area contributed by atoms with E-state index in [9.17, 15) is 22.8 Å². The fourth-order valence-electron chi connectivity index (χ4n) is 2.06. The van der Waals surface area contributed by atoms with Gasteiger partial charge in [0.1, 0.15) is 5.76 Å². The molecular formula is C17H16F3NO4. The summed E-state index contributed by atoms with van der Waals surface area (Å²) in [6, 6.07) is 7.39. The number of esters is 1. The number of rotatable bonds is 6. The highest BCUT2D eigenvalue weighted by Crippen LogP contribution is 2.32. The molecule has 0 bridgehead atoms. The van der Waals surface area contributed by atoms with Gasteiger partial charge in [0.15, 0.2) is 5.76 Å². The zero-order chi connectivity index (χ0) is 18.4. The Morgan fingerprint density at radius 1 is 1.20 bits per heavy atom. The van der Waals surface area contributed by atoms with Crippen LogP contribution in [0.15, 0.2) is 40.8 Å². The Morgan fingerprint density at radius 3 is 2.64 bits per heavy atom. The van der Waals surface area contributed by atoms with Gasteiger partial charge < -0.3 is 14.5 Å². The SMILES string of the molecule is CCOC(=O)CCNC(=O)c1ccc(-c2cccc(C(F)(F)F)c2)o1. The maximum absolute atomic E-state index is 12.7. The number of amides is 1. The number of ether oxygens (including phenoxy) is 1. The standard InChI is InChI=1S/C17H16F3NO4/c1-2-24-15(22)8-9-21-16(23)14-7-6-13(25-14)11-4-3-5-12(10-11)17(18,19)20/h3-7,10H,2,8-9H2,1H3,(H,21,23). The van der Waals surface area contributed by atoms with E-state index >= 15 is 0 Å². The number of carbonyl (C=O) groups excluding carboxylic acids is 2. The Hall–Kier alpha value is -2.77. The van der Waals surface area contributed by atoms with Crippen LogP contribution in [-0.4, -0.2) is 25.0 Å². The molecule has 1 aromatic heterocycles. The van der Waals surface area contributed by atoms with Crippen molar-refractivity contribution in [3.8, 4) is 11.3 Å². The minimum absolute atomic E-state index is 0.0147. The van der Waals surface area contributed by atoms with E-state index in [1.54, 1.807) is 6.92 Å². The van der Waals surface area contributed by atoms with Crippen LogP contribution >= 0.6 is 0 Å². The molecule has 0 saturated carbocycles. The van der Waals surface area contributed by atoms with Crippen LogP contribution in [-0.2, 0) is 15.7 Å². The van der Waals surface area contributed by atoms with E-state index in [1.165, 1.54) is 24.3 Å². The van der Waals surface area contributed by atoms with Gasteiger partial charge in [0, 0.05) is 12.1 Å². The van der Waals surface area contributed by atoms with Crippen LogP contribution in [0.5, 0.6) is 0 Å². The molecule has 0 aliphatic carbocycles. The van der Waals surface area contributed by atoms with Gasteiger partial charge in [-0.1, -0.05) is 12.1 Å². The molecule has 8 heteroatoms. The third-order valence-corrected chi connectivity index (χ3v) is 3.22. The second-order valence-corrected chi connectivity index (χ2v) is 5.05. The Bertz CT molecular complexity index is 752. The number of furan rings is 1. The van der Waals surface area contributed by atoms with E-state index in [1.807, 2.05) is 0 Å². The topological polar surface area (TPSA) is 68.5 Å². The average Bonchev–Trinajstić information content (AvgIpc) is 3.04. The highest BCUT2D eigenvalue weighted by molar-refractivity contribution is 5.92. The van der Waals surface area contributed by atoms with Gasteiger partial charge in [-0.15, -0.1) is 0 Å². The molecule has 1 aromatic carbocycles. The van der Waals surface area contributed by atoms with Crippen molar-refractivity contribution in [2.75, 3.05) is 13.2 Å². The fraction of sp³-hybridized carbons (Fsp3) is 0.294. The van der Waals surface area contributed by atoms with Crippen molar-refractivity contribution in [3.05, 3.63) is 47.7 Å². The van der Waals surface area contributed by atoms with Gasteiger partial charge in [-0.05, 0) is 31.2 Å². The molecule has 2 aromatic rings. The van der Waals surface area contributed by atoms with E-state index in [4.69, 9.17) is 9.15 Å².